The molecule has 0 amide bonds. The number of halogens is 3. The van der Waals surface area contributed by atoms with Gasteiger partial charge in [0.25, 0.3) is 0 Å². The summed E-state index contributed by atoms with van der Waals surface area (Å²) < 4.78 is 37.0. The normalized spacial score (nSPS) is 17.8. The number of aromatic nitrogens is 1. The highest BCUT2D eigenvalue weighted by atomic mass is 19.4. The number of carbonyl (C=O) groups is 1. The first kappa shape index (κ1) is 20.0. The lowest BCUT2D eigenvalue weighted by Crippen LogP contribution is -2.39. The highest BCUT2D eigenvalue weighted by molar-refractivity contribution is 5.86. The molecule has 7 nitrogen and oxygen atoms in total. The quantitative estimate of drug-likeness (QED) is 0.553. The molecule has 1 aliphatic heterocycles. The van der Waals surface area contributed by atoms with E-state index in [-0.39, 0.29) is 12.6 Å². The van der Waals surface area contributed by atoms with Gasteiger partial charge in [0.05, 0.1) is 25.9 Å². The first-order chi connectivity index (χ1) is 12.2. The minimum absolute atomic E-state index is 0.243. The van der Waals surface area contributed by atoms with E-state index in [2.05, 4.69) is 10.3 Å². The van der Waals surface area contributed by atoms with Crippen LogP contribution >= 0.6 is 0 Å². The molecule has 2 heterocycles. The number of aromatic amines is 1. The van der Waals surface area contributed by atoms with Crippen molar-refractivity contribution >= 4 is 16.9 Å². The van der Waals surface area contributed by atoms with Gasteiger partial charge < -0.3 is 30.4 Å². The molecule has 26 heavy (non-hydrogen) atoms. The minimum atomic E-state index is -5.08. The number of rotatable bonds is 3. The van der Waals surface area contributed by atoms with Crippen LogP contribution in [0.25, 0.3) is 10.9 Å². The Labute approximate surface area is 146 Å². The van der Waals surface area contributed by atoms with E-state index >= 15 is 0 Å². The molecule has 1 unspecified atom stereocenters. The second-order valence-corrected chi connectivity index (χ2v) is 5.66. The second-order valence-electron chi connectivity index (χ2n) is 5.66. The SMILES string of the molecule is COc1ccc2[nH]c3c(c2c1)CCNC3[C@H](O)CO.O=C(O)C(F)(F)F. The average molecular weight is 376 g/mol. The summed E-state index contributed by atoms with van der Waals surface area (Å²) in [6, 6.07) is 5.66. The van der Waals surface area contributed by atoms with Gasteiger partial charge in [-0.1, -0.05) is 0 Å². The molecule has 1 aromatic heterocycles. The van der Waals surface area contributed by atoms with Crippen LogP contribution in [0.5, 0.6) is 5.75 Å². The molecule has 0 fully saturated rings. The number of nitrogens with one attached hydrogen (secondary N) is 2. The third kappa shape index (κ3) is 4.26. The third-order valence-corrected chi connectivity index (χ3v) is 4.01. The van der Waals surface area contributed by atoms with Crippen molar-refractivity contribution in [2.24, 2.45) is 0 Å². The van der Waals surface area contributed by atoms with Crippen LogP contribution < -0.4 is 10.1 Å². The first-order valence-electron chi connectivity index (χ1n) is 7.70. The molecule has 2 aromatic rings. The number of alkyl halides is 3. The van der Waals surface area contributed by atoms with Crippen molar-refractivity contribution in [3.05, 3.63) is 29.5 Å². The van der Waals surface area contributed by atoms with Crippen LogP contribution in [0.3, 0.4) is 0 Å². The molecule has 1 aromatic carbocycles. The topological polar surface area (TPSA) is 115 Å². The summed E-state index contributed by atoms with van der Waals surface area (Å²) >= 11 is 0. The number of carboxylic acids is 1. The van der Waals surface area contributed by atoms with Gasteiger partial charge >= 0.3 is 12.1 Å². The fourth-order valence-corrected chi connectivity index (χ4v) is 2.80. The number of hydrogen-bond donors (Lipinski definition) is 5. The van der Waals surface area contributed by atoms with Crippen molar-refractivity contribution < 1.29 is 38.0 Å². The van der Waals surface area contributed by atoms with Gasteiger partial charge in [-0.25, -0.2) is 4.79 Å². The van der Waals surface area contributed by atoms with Crippen LogP contribution in [0, 0.1) is 0 Å². The van der Waals surface area contributed by atoms with E-state index in [4.69, 9.17) is 19.7 Å². The monoisotopic (exact) mass is 376 g/mol. The molecule has 3 rings (SSSR count). The van der Waals surface area contributed by atoms with Crippen LogP contribution in [0.2, 0.25) is 0 Å². The van der Waals surface area contributed by atoms with Crippen LogP contribution in [0.1, 0.15) is 17.3 Å². The van der Waals surface area contributed by atoms with Gasteiger partial charge in [0, 0.05) is 16.6 Å². The Morgan fingerprint density at radius 1 is 1.42 bits per heavy atom. The van der Waals surface area contributed by atoms with Gasteiger partial charge in [-0.3, -0.25) is 0 Å². The maximum absolute atomic E-state index is 10.6. The lowest BCUT2D eigenvalue weighted by Gasteiger charge is -2.27. The second kappa shape index (κ2) is 7.94. The van der Waals surface area contributed by atoms with Crippen LogP contribution in [0.4, 0.5) is 13.2 Å². The van der Waals surface area contributed by atoms with Crippen molar-refractivity contribution in [2.45, 2.75) is 24.7 Å². The molecule has 0 saturated carbocycles. The predicted molar refractivity (Wildman–Crippen MR) is 86.1 cm³/mol. The molecule has 0 spiro atoms. The fraction of sp³-hybridized carbons (Fsp3) is 0.438. The zero-order valence-corrected chi connectivity index (χ0v) is 13.8. The molecule has 0 radical (unpaired) electrons. The van der Waals surface area contributed by atoms with Gasteiger partial charge in [-0.15, -0.1) is 0 Å². The number of aliphatic carboxylic acids is 1. The van der Waals surface area contributed by atoms with E-state index in [1.54, 1.807) is 7.11 Å². The minimum Gasteiger partial charge on any atom is -0.497 e. The van der Waals surface area contributed by atoms with E-state index in [9.17, 15) is 18.3 Å². The zero-order chi connectivity index (χ0) is 19.5. The van der Waals surface area contributed by atoms with Crippen LogP contribution in [-0.2, 0) is 11.2 Å². The van der Waals surface area contributed by atoms with E-state index in [0.29, 0.717) is 0 Å². The maximum Gasteiger partial charge on any atom is 0.490 e. The van der Waals surface area contributed by atoms with Crippen LogP contribution in [0.15, 0.2) is 18.2 Å². The molecule has 2 atom stereocenters. The average Bonchev–Trinajstić information content (AvgIpc) is 2.98. The van der Waals surface area contributed by atoms with Crippen molar-refractivity contribution in [2.75, 3.05) is 20.3 Å². The molecule has 1 aliphatic rings. The van der Waals surface area contributed by atoms with Gasteiger partial charge in [0.15, 0.2) is 0 Å². The van der Waals surface area contributed by atoms with Crippen LogP contribution in [-0.4, -0.2) is 58.8 Å². The molecular weight excluding hydrogens is 357 g/mol. The molecule has 0 saturated heterocycles. The largest absolute Gasteiger partial charge is 0.497 e. The highest BCUT2D eigenvalue weighted by Gasteiger charge is 2.38. The van der Waals surface area contributed by atoms with E-state index < -0.39 is 18.2 Å². The molecular formula is C16H19F3N2O5. The van der Waals surface area contributed by atoms with Crippen molar-refractivity contribution in [3.63, 3.8) is 0 Å². The molecule has 0 bridgehead atoms. The smallest absolute Gasteiger partial charge is 0.490 e. The van der Waals surface area contributed by atoms with E-state index in [1.165, 1.54) is 5.56 Å². The summed E-state index contributed by atoms with van der Waals surface area (Å²) in [5, 5.41) is 30.5. The summed E-state index contributed by atoms with van der Waals surface area (Å²) in [5.41, 5.74) is 3.20. The Balaban J connectivity index is 0.000000298. The van der Waals surface area contributed by atoms with Gasteiger partial charge in [0.1, 0.15) is 5.75 Å². The standard InChI is InChI=1S/C14H18N2O3.C2HF3O2/c1-19-8-2-3-11-10(6-8)9-4-5-15-14(12(18)7-17)13(9)16-11;3-2(4,5)1(6)7/h2-3,6,12,14-18H,4-5,7H2,1H3;(H,6,7)/t12-,14?;/m1./s1. The Bertz CT molecular complexity index is 775. The molecule has 0 aliphatic carbocycles. The number of benzene rings is 1. The Kier molecular flexibility index (Phi) is 6.11. The fourth-order valence-electron chi connectivity index (χ4n) is 2.80. The summed E-state index contributed by atoms with van der Waals surface area (Å²) in [4.78, 5) is 12.2. The number of fused-ring (bicyclic) bond motifs is 3. The first-order valence-corrected chi connectivity index (χ1v) is 7.70. The Hall–Kier alpha value is -2.30. The molecule has 144 valence electrons. The highest BCUT2D eigenvalue weighted by Crippen LogP contribution is 2.33. The van der Waals surface area contributed by atoms with Crippen molar-refractivity contribution in [1.82, 2.24) is 10.3 Å². The number of hydrogen-bond acceptors (Lipinski definition) is 5. The van der Waals surface area contributed by atoms with Gasteiger partial charge in [0.2, 0.25) is 0 Å². The number of H-pyrrole nitrogens is 1. The lowest BCUT2D eigenvalue weighted by molar-refractivity contribution is -0.192. The lowest BCUT2D eigenvalue weighted by atomic mass is 9.96. The predicted octanol–water partition coefficient (Wildman–Crippen LogP) is 1.35. The number of aliphatic hydroxyl groups excluding tert-OH is 2. The van der Waals surface area contributed by atoms with E-state index in [1.807, 2.05) is 18.2 Å². The number of methoxy groups -OCH3 is 1. The Morgan fingerprint density at radius 2 is 2.08 bits per heavy atom. The maximum atomic E-state index is 10.6. The zero-order valence-electron chi connectivity index (χ0n) is 13.8. The number of ether oxygens (including phenoxy) is 1. The summed E-state index contributed by atoms with van der Waals surface area (Å²) in [6.07, 6.45) is -4.98. The Morgan fingerprint density at radius 3 is 2.62 bits per heavy atom. The molecule has 10 heteroatoms. The van der Waals surface area contributed by atoms with E-state index in [0.717, 1.165) is 35.3 Å². The number of carboxylic acid groups (broad SMARTS) is 1. The third-order valence-electron chi connectivity index (χ3n) is 4.01. The summed E-state index contributed by atoms with van der Waals surface area (Å²) in [5.74, 6) is -1.93. The number of aliphatic hydroxyl groups is 2. The molecule has 5 N–H and O–H groups in total. The summed E-state index contributed by atoms with van der Waals surface area (Å²) in [6.45, 7) is 0.536. The van der Waals surface area contributed by atoms with Gasteiger partial charge in [-0.05, 0) is 36.7 Å². The van der Waals surface area contributed by atoms with Crippen molar-refractivity contribution in [1.29, 1.82) is 0 Å². The summed E-state index contributed by atoms with van der Waals surface area (Å²) in [7, 11) is 1.65. The van der Waals surface area contributed by atoms with Gasteiger partial charge in [-0.2, -0.15) is 13.2 Å². The van der Waals surface area contributed by atoms with Crippen molar-refractivity contribution in [3.8, 4) is 5.75 Å².